The van der Waals surface area contributed by atoms with Gasteiger partial charge in [0.1, 0.15) is 5.65 Å². The number of amides is 2. The summed E-state index contributed by atoms with van der Waals surface area (Å²) in [5.74, 6) is -0.809. The molecular weight excluding hydrogens is 372 g/mol. The lowest BCUT2D eigenvalue weighted by molar-refractivity contribution is -0.117. The number of thiophene rings is 1. The number of aryl methyl sites for hydroxylation is 2. The molecule has 0 saturated heterocycles. The van der Waals surface area contributed by atoms with Gasteiger partial charge in [0.15, 0.2) is 5.15 Å². The smallest absolute Gasteiger partial charge is 0.279 e. The normalized spacial score (nSPS) is 11.2. The molecule has 8 heteroatoms. The molecule has 0 aliphatic rings. The highest BCUT2D eigenvalue weighted by Gasteiger charge is 2.12. The van der Waals surface area contributed by atoms with E-state index in [1.807, 2.05) is 38.1 Å². The molecule has 3 aromatic rings. The Hall–Kier alpha value is -2.64. The maximum atomic E-state index is 12.1. The number of nitrogens with one attached hydrogen (secondary N) is 2. The third kappa shape index (κ3) is 3.79. The van der Waals surface area contributed by atoms with Crippen molar-refractivity contribution in [3.8, 4) is 0 Å². The number of imidazole rings is 1. The SMILES string of the molecule is CCc1sc(C(=O)NNC(=O)/C=C/c2c(Cl)nc3ccccn23)cc1C. The molecule has 3 rings (SSSR count). The summed E-state index contributed by atoms with van der Waals surface area (Å²) in [6, 6.07) is 7.33. The van der Waals surface area contributed by atoms with E-state index >= 15 is 0 Å². The first-order valence-corrected chi connectivity index (χ1v) is 9.19. The summed E-state index contributed by atoms with van der Waals surface area (Å²) < 4.78 is 1.77. The minimum absolute atomic E-state index is 0.297. The van der Waals surface area contributed by atoms with E-state index in [0.717, 1.165) is 16.9 Å². The highest BCUT2D eigenvalue weighted by Crippen LogP contribution is 2.22. The highest BCUT2D eigenvalue weighted by atomic mass is 35.5. The maximum Gasteiger partial charge on any atom is 0.279 e. The maximum absolute atomic E-state index is 12.1. The van der Waals surface area contributed by atoms with Crippen LogP contribution in [0.15, 0.2) is 36.5 Å². The summed E-state index contributed by atoms with van der Waals surface area (Å²) in [5, 5.41) is 0.297. The minimum atomic E-state index is -0.468. The lowest BCUT2D eigenvalue weighted by Gasteiger charge is -2.03. The molecule has 3 aromatic heterocycles. The number of carbonyl (C=O) groups is 2. The van der Waals surface area contributed by atoms with E-state index < -0.39 is 5.91 Å². The predicted molar refractivity (Wildman–Crippen MR) is 103 cm³/mol. The van der Waals surface area contributed by atoms with Gasteiger partial charge in [0.05, 0.1) is 10.6 Å². The highest BCUT2D eigenvalue weighted by molar-refractivity contribution is 7.14. The summed E-state index contributed by atoms with van der Waals surface area (Å²) in [6.07, 6.45) is 5.52. The lowest BCUT2D eigenvalue weighted by atomic mass is 10.2. The Balaban J connectivity index is 1.64. The van der Waals surface area contributed by atoms with Crippen LogP contribution < -0.4 is 10.9 Å². The van der Waals surface area contributed by atoms with Crippen molar-refractivity contribution < 1.29 is 9.59 Å². The fraction of sp³-hybridized carbons (Fsp3) is 0.167. The Morgan fingerprint density at radius 3 is 2.88 bits per heavy atom. The van der Waals surface area contributed by atoms with Crippen molar-refractivity contribution in [1.82, 2.24) is 20.2 Å². The Kier molecular flexibility index (Phi) is 5.39. The van der Waals surface area contributed by atoms with E-state index in [4.69, 9.17) is 11.6 Å². The molecule has 2 N–H and O–H groups in total. The third-order valence-electron chi connectivity index (χ3n) is 3.78. The number of rotatable bonds is 4. The molecule has 2 amide bonds. The van der Waals surface area contributed by atoms with Gasteiger partial charge in [-0.05, 0) is 43.2 Å². The molecule has 0 fully saturated rings. The molecule has 0 atom stereocenters. The van der Waals surface area contributed by atoms with E-state index in [9.17, 15) is 9.59 Å². The largest absolute Gasteiger partial charge is 0.299 e. The topological polar surface area (TPSA) is 75.5 Å². The molecule has 0 aliphatic heterocycles. The second-order valence-electron chi connectivity index (χ2n) is 5.56. The second kappa shape index (κ2) is 7.72. The van der Waals surface area contributed by atoms with E-state index in [1.165, 1.54) is 17.4 Å². The van der Waals surface area contributed by atoms with Crippen LogP contribution in [0.1, 0.15) is 32.7 Å². The van der Waals surface area contributed by atoms with Gasteiger partial charge in [-0.2, -0.15) is 0 Å². The van der Waals surface area contributed by atoms with Gasteiger partial charge in [-0.3, -0.25) is 24.8 Å². The van der Waals surface area contributed by atoms with Crippen LogP contribution in [0.25, 0.3) is 11.7 Å². The summed E-state index contributed by atoms with van der Waals surface area (Å²) in [4.78, 5) is 30.0. The van der Waals surface area contributed by atoms with Crippen LogP contribution in [0.2, 0.25) is 5.15 Å². The van der Waals surface area contributed by atoms with Crippen molar-refractivity contribution in [1.29, 1.82) is 0 Å². The van der Waals surface area contributed by atoms with Crippen LogP contribution in [0.3, 0.4) is 0 Å². The quantitative estimate of drug-likeness (QED) is 0.531. The zero-order valence-electron chi connectivity index (χ0n) is 14.2. The molecule has 0 radical (unpaired) electrons. The van der Waals surface area contributed by atoms with Gasteiger partial charge in [-0.25, -0.2) is 4.98 Å². The molecule has 3 heterocycles. The summed E-state index contributed by atoms with van der Waals surface area (Å²) in [6.45, 7) is 4.01. The number of carbonyl (C=O) groups excluding carboxylic acids is 2. The number of nitrogens with zero attached hydrogens (tertiary/aromatic N) is 2. The molecule has 0 aliphatic carbocycles. The van der Waals surface area contributed by atoms with Crippen molar-refractivity contribution in [2.75, 3.05) is 0 Å². The molecular formula is C18H17ClN4O2S. The van der Waals surface area contributed by atoms with Crippen molar-refractivity contribution >= 4 is 46.5 Å². The van der Waals surface area contributed by atoms with Gasteiger partial charge >= 0.3 is 0 Å². The Morgan fingerprint density at radius 1 is 1.35 bits per heavy atom. The van der Waals surface area contributed by atoms with Gasteiger partial charge < -0.3 is 0 Å². The number of pyridine rings is 1. The lowest BCUT2D eigenvalue weighted by Crippen LogP contribution is -2.40. The second-order valence-corrected chi connectivity index (χ2v) is 7.06. The van der Waals surface area contributed by atoms with Gasteiger partial charge in [0, 0.05) is 17.2 Å². The molecule has 6 nitrogen and oxygen atoms in total. The van der Waals surface area contributed by atoms with Crippen LogP contribution in [-0.2, 0) is 11.2 Å². The van der Waals surface area contributed by atoms with Crippen molar-refractivity contribution in [2.45, 2.75) is 20.3 Å². The third-order valence-corrected chi connectivity index (χ3v) is 5.44. The number of hydrazine groups is 1. The van der Waals surface area contributed by atoms with Gasteiger partial charge in [-0.15, -0.1) is 11.3 Å². The summed E-state index contributed by atoms with van der Waals surface area (Å²) in [7, 11) is 0. The summed E-state index contributed by atoms with van der Waals surface area (Å²) >= 11 is 7.53. The number of hydrogen-bond acceptors (Lipinski definition) is 4. The molecule has 0 saturated carbocycles. The predicted octanol–water partition coefficient (Wildman–Crippen LogP) is 3.39. The van der Waals surface area contributed by atoms with Crippen LogP contribution >= 0.6 is 22.9 Å². The van der Waals surface area contributed by atoms with Crippen LogP contribution in [0.5, 0.6) is 0 Å². The fourth-order valence-electron chi connectivity index (χ4n) is 2.49. The summed E-state index contributed by atoms with van der Waals surface area (Å²) in [5.41, 5.74) is 7.13. The Bertz CT molecular complexity index is 1010. The van der Waals surface area contributed by atoms with E-state index in [-0.39, 0.29) is 5.91 Å². The first kappa shape index (κ1) is 18.2. The van der Waals surface area contributed by atoms with Crippen LogP contribution in [-0.4, -0.2) is 21.2 Å². The van der Waals surface area contributed by atoms with E-state index in [2.05, 4.69) is 15.8 Å². The number of aromatic nitrogens is 2. The number of fused-ring (bicyclic) bond motifs is 1. The monoisotopic (exact) mass is 388 g/mol. The Labute approximate surface area is 159 Å². The standard InChI is InChI=1S/C18H17ClN4O2S/c1-3-13-11(2)10-14(26-13)18(25)22-21-16(24)8-7-12-17(19)20-15-6-4-5-9-23(12)15/h4-10H,3H2,1-2H3,(H,21,24)(H,22,25)/b8-7+. The van der Waals surface area contributed by atoms with Crippen LogP contribution in [0.4, 0.5) is 0 Å². The molecule has 0 bridgehead atoms. The first-order valence-electron chi connectivity index (χ1n) is 8.00. The average molecular weight is 389 g/mol. The number of hydrogen-bond donors (Lipinski definition) is 2. The zero-order chi connectivity index (χ0) is 18.7. The van der Waals surface area contributed by atoms with Gasteiger partial charge in [0.25, 0.3) is 11.8 Å². The van der Waals surface area contributed by atoms with Crippen molar-refractivity contribution in [3.05, 3.63) is 62.7 Å². The number of halogens is 1. The van der Waals surface area contributed by atoms with Crippen LogP contribution in [0, 0.1) is 6.92 Å². The fourth-order valence-corrected chi connectivity index (χ4v) is 3.74. The van der Waals surface area contributed by atoms with E-state index in [0.29, 0.717) is 21.4 Å². The van der Waals surface area contributed by atoms with Crippen molar-refractivity contribution in [2.24, 2.45) is 0 Å². The molecule has 0 spiro atoms. The first-order chi connectivity index (χ1) is 12.5. The Morgan fingerprint density at radius 2 is 2.15 bits per heavy atom. The molecule has 0 aromatic carbocycles. The zero-order valence-corrected chi connectivity index (χ0v) is 15.8. The average Bonchev–Trinajstić information content (AvgIpc) is 3.16. The molecule has 26 heavy (non-hydrogen) atoms. The minimum Gasteiger partial charge on any atom is -0.299 e. The molecule has 0 unspecified atom stereocenters. The van der Waals surface area contributed by atoms with Gasteiger partial charge in [-0.1, -0.05) is 24.6 Å². The van der Waals surface area contributed by atoms with Gasteiger partial charge in [0.2, 0.25) is 0 Å². The van der Waals surface area contributed by atoms with Crippen molar-refractivity contribution in [3.63, 3.8) is 0 Å². The van der Waals surface area contributed by atoms with E-state index in [1.54, 1.807) is 16.7 Å². The molecule has 134 valence electrons.